The summed E-state index contributed by atoms with van der Waals surface area (Å²) in [5.74, 6) is -0.430. The number of amides is 3. The van der Waals surface area contributed by atoms with Gasteiger partial charge < -0.3 is 19.6 Å². The topological polar surface area (TPSA) is 90.4 Å². The molecule has 2 aromatic rings. The molecule has 0 unspecified atom stereocenters. The van der Waals surface area contributed by atoms with Crippen LogP contribution in [-0.4, -0.2) is 66.3 Å². The zero-order chi connectivity index (χ0) is 21.7. The molecule has 1 heterocycles. The first-order valence-electron chi connectivity index (χ1n) is 9.36. The minimum absolute atomic E-state index is 0.237. The second kappa shape index (κ2) is 9.49. The Morgan fingerprint density at radius 2 is 1.67 bits per heavy atom. The molecule has 0 saturated carbocycles. The Morgan fingerprint density at radius 1 is 1.03 bits per heavy atom. The number of halogens is 1. The van der Waals surface area contributed by atoms with E-state index < -0.39 is 12.1 Å². The van der Waals surface area contributed by atoms with Crippen molar-refractivity contribution in [1.29, 1.82) is 0 Å². The Bertz CT molecular complexity index is 926. The summed E-state index contributed by atoms with van der Waals surface area (Å²) in [5.41, 5.74) is 1.87. The van der Waals surface area contributed by atoms with Crippen LogP contribution >= 0.6 is 11.6 Å². The van der Waals surface area contributed by atoms with Crippen LogP contribution in [0.15, 0.2) is 48.5 Å². The number of esters is 1. The van der Waals surface area contributed by atoms with Crippen molar-refractivity contribution in [2.45, 2.75) is 6.54 Å². The van der Waals surface area contributed by atoms with Crippen LogP contribution in [0.1, 0.15) is 15.9 Å². The van der Waals surface area contributed by atoms with Gasteiger partial charge in [0.05, 0.1) is 19.2 Å². The van der Waals surface area contributed by atoms with E-state index >= 15 is 0 Å². The van der Waals surface area contributed by atoms with E-state index in [1.165, 1.54) is 12.0 Å². The highest BCUT2D eigenvalue weighted by Crippen LogP contribution is 2.24. The summed E-state index contributed by atoms with van der Waals surface area (Å²) in [6.07, 6.45) is -0.987. The molecular formula is C21H22ClN3O5. The predicted molar refractivity (Wildman–Crippen MR) is 112 cm³/mol. The first-order valence-corrected chi connectivity index (χ1v) is 9.74. The van der Waals surface area contributed by atoms with Gasteiger partial charge in [-0.2, -0.15) is 0 Å². The number of urea groups is 1. The molecule has 3 rings (SSSR count). The molecule has 3 amide bonds. The number of carbonyl (C=O) groups is 3. The molecule has 0 radical (unpaired) electrons. The minimum atomic E-state index is -0.987. The summed E-state index contributed by atoms with van der Waals surface area (Å²) in [4.78, 5) is 40.6. The normalized spacial score (nSPS) is 13.7. The Hall–Kier alpha value is -3.26. The van der Waals surface area contributed by atoms with Gasteiger partial charge in [0.15, 0.2) is 0 Å². The van der Waals surface area contributed by atoms with E-state index in [1.54, 1.807) is 58.3 Å². The van der Waals surface area contributed by atoms with E-state index in [-0.39, 0.29) is 25.7 Å². The van der Waals surface area contributed by atoms with E-state index in [0.717, 1.165) is 5.56 Å². The van der Waals surface area contributed by atoms with Crippen LogP contribution < -0.4 is 4.90 Å². The lowest BCUT2D eigenvalue weighted by atomic mass is 10.1. The highest BCUT2D eigenvalue weighted by atomic mass is 35.5. The number of methoxy groups -OCH3 is 1. The van der Waals surface area contributed by atoms with Crippen molar-refractivity contribution in [3.05, 3.63) is 64.7 Å². The number of hydrogen-bond donors (Lipinski definition) is 1. The van der Waals surface area contributed by atoms with E-state index in [4.69, 9.17) is 21.4 Å². The van der Waals surface area contributed by atoms with Crippen molar-refractivity contribution in [2.75, 3.05) is 38.2 Å². The van der Waals surface area contributed by atoms with Crippen molar-refractivity contribution in [3.8, 4) is 0 Å². The Balaban J connectivity index is 1.81. The average molecular weight is 432 g/mol. The molecule has 1 N–H and O–H groups in total. The molecule has 1 saturated heterocycles. The molecule has 1 fully saturated rings. The standard InChI is InChI=1S/C21H22ClN3O5/c1-30-19(26)16-7-5-15(6-8-16)14-25(18-4-2-3-17(22)13-18)20(27)23-9-11-24(12-10-23)21(28)29/h2-8,13H,9-12,14H2,1H3,(H,28,29). The maximum atomic E-state index is 13.3. The van der Waals surface area contributed by atoms with Crippen molar-refractivity contribution >= 4 is 35.4 Å². The number of rotatable bonds is 4. The maximum absolute atomic E-state index is 13.3. The van der Waals surface area contributed by atoms with Crippen molar-refractivity contribution in [1.82, 2.24) is 9.80 Å². The fraction of sp³-hybridized carbons (Fsp3) is 0.286. The van der Waals surface area contributed by atoms with E-state index in [2.05, 4.69) is 0 Å². The van der Waals surface area contributed by atoms with Gasteiger partial charge in [-0.1, -0.05) is 29.8 Å². The van der Waals surface area contributed by atoms with Gasteiger partial charge in [0.1, 0.15) is 0 Å². The highest BCUT2D eigenvalue weighted by Gasteiger charge is 2.28. The quantitative estimate of drug-likeness (QED) is 0.747. The molecule has 30 heavy (non-hydrogen) atoms. The summed E-state index contributed by atoms with van der Waals surface area (Å²) in [6.45, 7) is 1.41. The highest BCUT2D eigenvalue weighted by molar-refractivity contribution is 6.30. The van der Waals surface area contributed by atoms with Gasteiger partial charge in [-0.3, -0.25) is 4.90 Å². The molecule has 0 spiro atoms. The van der Waals surface area contributed by atoms with Gasteiger partial charge in [0, 0.05) is 36.9 Å². The van der Waals surface area contributed by atoms with Gasteiger partial charge in [0.25, 0.3) is 0 Å². The van der Waals surface area contributed by atoms with Crippen molar-refractivity contribution in [2.24, 2.45) is 0 Å². The number of ether oxygens (including phenoxy) is 1. The number of carboxylic acid groups (broad SMARTS) is 1. The van der Waals surface area contributed by atoms with Crippen LogP contribution in [0.4, 0.5) is 15.3 Å². The lowest BCUT2D eigenvalue weighted by molar-refractivity contribution is 0.0600. The van der Waals surface area contributed by atoms with Crippen molar-refractivity contribution in [3.63, 3.8) is 0 Å². The molecule has 0 atom stereocenters. The summed E-state index contributed by atoms with van der Waals surface area (Å²) in [7, 11) is 1.32. The Labute approximate surface area is 179 Å². The fourth-order valence-electron chi connectivity index (χ4n) is 3.22. The summed E-state index contributed by atoms with van der Waals surface area (Å²) in [6, 6.07) is 13.6. The first-order chi connectivity index (χ1) is 14.4. The number of benzene rings is 2. The lowest BCUT2D eigenvalue weighted by Gasteiger charge is -2.36. The Kier molecular flexibility index (Phi) is 6.79. The zero-order valence-corrected chi connectivity index (χ0v) is 17.2. The number of anilines is 1. The molecular weight excluding hydrogens is 410 g/mol. The third-order valence-electron chi connectivity index (χ3n) is 4.89. The van der Waals surface area contributed by atoms with Crippen molar-refractivity contribution < 1.29 is 24.2 Å². The number of nitrogens with zero attached hydrogens (tertiary/aromatic N) is 3. The molecule has 2 aromatic carbocycles. The van der Waals surface area contributed by atoms with Gasteiger partial charge in [0.2, 0.25) is 0 Å². The molecule has 9 heteroatoms. The molecule has 158 valence electrons. The fourth-order valence-corrected chi connectivity index (χ4v) is 3.40. The smallest absolute Gasteiger partial charge is 0.407 e. The van der Waals surface area contributed by atoms with Crippen LogP contribution in [0.2, 0.25) is 5.02 Å². The van der Waals surface area contributed by atoms with Gasteiger partial charge in [-0.15, -0.1) is 0 Å². The second-order valence-corrected chi connectivity index (χ2v) is 7.23. The molecule has 0 aliphatic carbocycles. The monoisotopic (exact) mass is 431 g/mol. The van der Waals surface area contributed by atoms with Crippen LogP contribution in [0.5, 0.6) is 0 Å². The van der Waals surface area contributed by atoms with Crippen LogP contribution in [-0.2, 0) is 11.3 Å². The van der Waals surface area contributed by atoms with Gasteiger partial charge in [-0.25, -0.2) is 14.4 Å². The molecule has 0 bridgehead atoms. The molecule has 1 aliphatic heterocycles. The summed E-state index contributed by atoms with van der Waals surface area (Å²) >= 11 is 6.13. The van der Waals surface area contributed by atoms with Gasteiger partial charge >= 0.3 is 18.1 Å². The predicted octanol–water partition coefficient (Wildman–Crippen LogP) is 3.55. The average Bonchev–Trinajstić information content (AvgIpc) is 2.77. The van der Waals surface area contributed by atoms with E-state index in [0.29, 0.717) is 29.4 Å². The van der Waals surface area contributed by atoms with E-state index in [9.17, 15) is 14.4 Å². The molecule has 1 aliphatic rings. The third kappa shape index (κ3) is 5.01. The van der Waals surface area contributed by atoms with E-state index in [1.807, 2.05) is 0 Å². The summed E-state index contributed by atoms with van der Waals surface area (Å²) in [5, 5.41) is 9.62. The minimum Gasteiger partial charge on any atom is -0.465 e. The van der Waals surface area contributed by atoms with Crippen LogP contribution in [0.3, 0.4) is 0 Å². The van der Waals surface area contributed by atoms with Crippen LogP contribution in [0, 0.1) is 0 Å². The summed E-state index contributed by atoms with van der Waals surface area (Å²) < 4.78 is 4.71. The molecule has 8 nitrogen and oxygen atoms in total. The second-order valence-electron chi connectivity index (χ2n) is 6.79. The number of piperazine rings is 1. The molecule has 0 aromatic heterocycles. The van der Waals surface area contributed by atoms with Crippen LogP contribution in [0.25, 0.3) is 0 Å². The Morgan fingerprint density at radius 3 is 2.23 bits per heavy atom. The lowest BCUT2D eigenvalue weighted by Crippen LogP contribution is -2.53. The SMILES string of the molecule is COC(=O)c1ccc(CN(C(=O)N2CCN(C(=O)O)CC2)c2cccc(Cl)c2)cc1. The first kappa shape index (κ1) is 21.4. The van der Waals surface area contributed by atoms with Gasteiger partial charge in [-0.05, 0) is 35.9 Å². The largest absolute Gasteiger partial charge is 0.465 e. The number of carbonyl (C=O) groups excluding carboxylic acids is 2. The third-order valence-corrected chi connectivity index (χ3v) is 5.12. The maximum Gasteiger partial charge on any atom is 0.407 e. The number of hydrogen-bond acceptors (Lipinski definition) is 4. The zero-order valence-electron chi connectivity index (χ0n) is 16.5.